The van der Waals surface area contributed by atoms with Gasteiger partial charge in [-0.3, -0.25) is 4.79 Å². The van der Waals surface area contributed by atoms with Crippen molar-refractivity contribution in [3.63, 3.8) is 0 Å². The molecular formula is C17H20Cl2N4OS. The van der Waals surface area contributed by atoms with Crippen molar-refractivity contribution in [2.24, 2.45) is 0 Å². The summed E-state index contributed by atoms with van der Waals surface area (Å²) in [5, 5.41) is 1.15. The van der Waals surface area contributed by atoms with E-state index in [0.29, 0.717) is 13.0 Å². The summed E-state index contributed by atoms with van der Waals surface area (Å²) in [7, 11) is 0. The highest BCUT2D eigenvalue weighted by Gasteiger charge is 2.30. The SMILES string of the molecule is C[C@@H](Cl)C(=O)N1CCN(c2nc(Cc3ccc(Cl)cc3)ns2)C[C@@H]1C. The Morgan fingerprint density at radius 3 is 2.72 bits per heavy atom. The molecule has 25 heavy (non-hydrogen) atoms. The molecule has 0 radical (unpaired) electrons. The van der Waals surface area contributed by atoms with Crippen LogP contribution >= 0.6 is 34.7 Å². The second-order valence-corrected chi connectivity index (χ2v) is 8.06. The van der Waals surface area contributed by atoms with Gasteiger partial charge in [0.25, 0.3) is 0 Å². The molecule has 3 rings (SSSR count). The van der Waals surface area contributed by atoms with Gasteiger partial charge in [-0.2, -0.15) is 4.37 Å². The van der Waals surface area contributed by atoms with Crippen LogP contribution in [0.2, 0.25) is 5.02 Å². The highest BCUT2D eigenvalue weighted by atomic mass is 35.5. The van der Waals surface area contributed by atoms with Crippen molar-refractivity contribution in [1.82, 2.24) is 14.3 Å². The van der Waals surface area contributed by atoms with Crippen molar-refractivity contribution < 1.29 is 4.79 Å². The molecule has 1 aromatic heterocycles. The summed E-state index contributed by atoms with van der Waals surface area (Å²) < 4.78 is 4.47. The fourth-order valence-corrected chi connectivity index (χ4v) is 3.89. The second kappa shape index (κ2) is 7.89. The van der Waals surface area contributed by atoms with Crippen LogP contribution in [0, 0.1) is 0 Å². The van der Waals surface area contributed by atoms with Crippen LogP contribution in [-0.4, -0.2) is 51.2 Å². The van der Waals surface area contributed by atoms with Gasteiger partial charge in [-0.05, 0) is 31.5 Å². The van der Waals surface area contributed by atoms with Gasteiger partial charge < -0.3 is 9.80 Å². The number of amides is 1. The van der Waals surface area contributed by atoms with E-state index in [0.717, 1.165) is 34.6 Å². The lowest BCUT2D eigenvalue weighted by Crippen LogP contribution is -2.55. The molecular weight excluding hydrogens is 379 g/mol. The lowest BCUT2D eigenvalue weighted by molar-refractivity contribution is -0.132. The third kappa shape index (κ3) is 4.43. The molecule has 0 N–H and O–H groups in total. The molecule has 1 saturated heterocycles. The number of benzene rings is 1. The Kier molecular flexibility index (Phi) is 5.81. The van der Waals surface area contributed by atoms with E-state index in [1.54, 1.807) is 6.92 Å². The molecule has 1 amide bonds. The molecule has 1 aliphatic rings. The van der Waals surface area contributed by atoms with Gasteiger partial charge >= 0.3 is 0 Å². The molecule has 0 spiro atoms. The molecule has 1 aliphatic heterocycles. The highest BCUT2D eigenvalue weighted by Crippen LogP contribution is 2.23. The number of piperazine rings is 1. The van der Waals surface area contributed by atoms with Gasteiger partial charge in [0.15, 0.2) is 0 Å². The van der Waals surface area contributed by atoms with E-state index in [9.17, 15) is 4.79 Å². The van der Waals surface area contributed by atoms with Gasteiger partial charge in [0.2, 0.25) is 11.0 Å². The standard InChI is InChI=1S/C17H20Cl2N4OS/c1-11-10-22(7-8-23(11)16(24)12(2)18)17-20-15(21-25-17)9-13-3-5-14(19)6-4-13/h3-6,11-12H,7-10H2,1-2H3/t11-,12+/m0/s1. The maximum absolute atomic E-state index is 12.1. The Balaban J connectivity index is 1.63. The normalized spacial score (nSPS) is 19.1. The van der Waals surface area contributed by atoms with E-state index in [4.69, 9.17) is 23.2 Å². The number of rotatable bonds is 4. The Bertz CT molecular complexity index is 735. The summed E-state index contributed by atoms with van der Waals surface area (Å²) in [6, 6.07) is 7.83. The first kappa shape index (κ1) is 18.4. The van der Waals surface area contributed by atoms with Crippen LogP contribution in [0.4, 0.5) is 5.13 Å². The Labute approximate surface area is 161 Å². The molecule has 0 aliphatic carbocycles. The molecule has 5 nitrogen and oxygen atoms in total. The Morgan fingerprint density at radius 2 is 2.08 bits per heavy atom. The molecule has 1 fully saturated rings. The molecule has 2 aromatic rings. The van der Waals surface area contributed by atoms with E-state index >= 15 is 0 Å². The van der Waals surface area contributed by atoms with E-state index in [1.807, 2.05) is 36.1 Å². The van der Waals surface area contributed by atoms with Crippen LogP contribution in [0.1, 0.15) is 25.2 Å². The minimum atomic E-state index is -0.485. The van der Waals surface area contributed by atoms with Crippen LogP contribution in [0.15, 0.2) is 24.3 Å². The summed E-state index contributed by atoms with van der Waals surface area (Å²) >= 11 is 13.3. The first-order valence-corrected chi connectivity index (χ1v) is 9.79. The van der Waals surface area contributed by atoms with Gasteiger partial charge in [-0.25, -0.2) is 4.98 Å². The summed E-state index contributed by atoms with van der Waals surface area (Å²) in [5.74, 6) is 0.803. The van der Waals surface area contributed by atoms with Gasteiger partial charge in [0, 0.05) is 48.7 Å². The number of hydrogen-bond donors (Lipinski definition) is 0. The second-order valence-electron chi connectivity index (χ2n) is 6.24. The van der Waals surface area contributed by atoms with Gasteiger partial charge in [0.1, 0.15) is 11.2 Å². The summed E-state index contributed by atoms with van der Waals surface area (Å²) in [6.45, 7) is 5.90. The average molecular weight is 399 g/mol. The number of aromatic nitrogens is 2. The topological polar surface area (TPSA) is 49.3 Å². The minimum absolute atomic E-state index is 0.00509. The average Bonchev–Trinajstić information content (AvgIpc) is 3.04. The van der Waals surface area contributed by atoms with Crippen LogP contribution in [0.3, 0.4) is 0 Å². The molecule has 0 unspecified atom stereocenters. The predicted molar refractivity (Wildman–Crippen MR) is 103 cm³/mol. The molecule has 0 saturated carbocycles. The zero-order chi connectivity index (χ0) is 18.0. The first-order chi connectivity index (χ1) is 11.9. The van der Waals surface area contributed by atoms with Crippen molar-refractivity contribution in [1.29, 1.82) is 0 Å². The summed E-state index contributed by atoms with van der Waals surface area (Å²) in [4.78, 5) is 20.8. The fourth-order valence-electron chi connectivity index (χ4n) is 2.92. The van der Waals surface area contributed by atoms with Gasteiger partial charge in [0.05, 0.1) is 0 Å². The quantitative estimate of drug-likeness (QED) is 0.739. The number of carbonyl (C=O) groups is 1. The summed E-state index contributed by atoms with van der Waals surface area (Å²) in [6.07, 6.45) is 0.686. The van der Waals surface area contributed by atoms with Crippen molar-refractivity contribution >= 4 is 45.8 Å². The monoisotopic (exact) mass is 398 g/mol. The third-order valence-corrected chi connectivity index (χ3v) is 5.51. The van der Waals surface area contributed by atoms with Crippen molar-refractivity contribution in [2.75, 3.05) is 24.5 Å². The number of halogens is 2. The van der Waals surface area contributed by atoms with Crippen LogP contribution in [0.5, 0.6) is 0 Å². The lowest BCUT2D eigenvalue weighted by atomic mass is 10.1. The molecule has 134 valence electrons. The predicted octanol–water partition coefficient (Wildman–Crippen LogP) is 3.45. The maximum atomic E-state index is 12.1. The zero-order valence-electron chi connectivity index (χ0n) is 14.2. The first-order valence-electron chi connectivity index (χ1n) is 8.20. The Hall–Kier alpha value is -1.37. The molecule has 8 heteroatoms. The highest BCUT2D eigenvalue weighted by molar-refractivity contribution is 7.09. The van der Waals surface area contributed by atoms with Crippen LogP contribution in [0.25, 0.3) is 0 Å². The van der Waals surface area contributed by atoms with Crippen molar-refractivity contribution in [3.8, 4) is 0 Å². The number of hydrogen-bond acceptors (Lipinski definition) is 5. The number of carbonyl (C=O) groups excluding carboxylic acids is 1. The molecule has 2 heterocycles. The third-order valence-electron chi connectivity index (χ3n) is 4.25. The summed E-state index contributed by atoms with van der Waals surface area (Å²) in [5.41, 5.74) is 1.13. The lowest BCUT2D eigenvalue weighted by Gasteiger charge is -2.40. The molecule has 0 bridgehead atoms. The fraction of sp³-hybridized carbons (Fsp3) is 0.471. The van der Waals surface area contributed by atoms with Crippen LogP contribution < -0.4 is 4.90 Å². The zero-order valence-corrected chi connectivity index (χ0v) is 16.5. The van der Waals surface area contributed by atoms with Crippen molar-refractivity contribution in [3.05, 3.63) is 40.7 Å². The van der Waals surface area contributed by atoms with E-state index in [1.165, 1.54) is 11.5 Å². The number of nitrogens with zero attached hydrogens (tertiary/aromatic N) is 4. The van der Waals surface area contributed by atoms with Gasteiger partial charge in [-0.1, -0.05) is 23.7 Å². The minimum Gasteiger partial charge on any atom is -0.343 e. The molecule has 1 aromatic carbocycles. The molecule has 2 atom stereocenters. The van der Waals surface area contributed by atoms with Gasteiger partial charge in [-0.15, -0.1) is 11.6 Å². The maximum Gasteiger partial charge on any atom is 0.240 e. The van der Waals surface area contributed by atoms with E-state index in [-0.39, 0.29) is 11.9 Å². The van der Waals surface area contributed by atoms with E-state index in [2.05, 4.69) is 14.3 Å². The smallest absolute Gasteiger partial charge is 0.240 e. The number of alkyl halides is 1. The largest absolute Gasteiger partial charge is 0.343 e. The Morgan fingerprint density at radius 1 is 1.36 bits per heavy atom. The number of anilines is 1. The van der Waals surface area contributed by atoms with E-state index < -0.39 is 5.38 Å². The van der Waals surface area contributed by atoms with Crippen LogP contribution in [-0.2, 0) is 11.2 Å². The van der Waals surface area contributed by atoms with Crippen molar-refractivity contribution in [2.45, 2.75) is 31.7 Å².